The summed E-state index contributed by atoms with van der Waals surface area (Å²) >= 11 is 0. The van der Waals surface area contributed by atoms with Crippen molar-refractivity contribution in [2.45, 2.75) is 0 Å². The SMILES string of the molecule is c1ccc(-n2ccc3cc4c5ccccc5n(-c5cccc(-c6cccnc6)n5)c4cc32)cc1. The van der Waals surface area contributed by atoms with Crippen LogP contribution in [0.1, 0.15) is 0 Å². The molecule has 4 aromatic heterocycles. The van der Waals surface area contributed by atoms with E-state index in [2.05, 4.69) is 99.2 Å². The van der Waals surface area contributed by atoms with Crippen LogP contribution in [-0.2, 0) is 0 Å². The van der Waals surface area contributed by atoms with Gasteiger partial charge in [-0.2, -0.15) is 0 Å². The maximum absolute atomic E-state index is 5.05. The first-order valence-electron chi connectivity index (χ1n) is 11.3. The number of hydrogen-bond donors (Lipinski definition) is 0. The van der Waals surface area contributed by atoms with Gasteiger partial charge in [0.1, 0.15) is 5.82 Å². The second kappa shape index (κ2) is 7.42. The smallest absolute Gasteiger partial charge is 0.138 e. The van der Waals surface area contributed by atoms with Crippen LogP contribution in [0.4, 0.5) is 0 Å². The third-order valence-corrected chi connectivity index (χ3v) is 6.44. The maximum atomic E-state index is 5.05. The van der Waals surface area contributed by atoms with Gasteiger partial charge in [0.05, 0.1) is 22.2 Å². The first-order chi connectivity index (χ1) is 16.9. The average molecular weight is 437 g/mol. The number of nitrogens with zero attached hydrogens (tertiary/aromatic N) is 4. The molecule has 0 fully saturated rings. The number of para-hydroxylation sites is 2. The molecule has 0 saturated carbocycles. The van der Waals surface area contributed by atoms with Crippen molar-refractivity contribution in [3.05, 3.63) is 122 Å². The molecule has 0 N–H and O–H groups in total. The molecule has 34 heavy (non-hydrogen) atoms. The Bertz CT molecular complexity index is 1790. The summed E-state index contributed by atoms with van der Waals surface area (Å²) < 4.78 is 4.52. The average Bonchev–Trinajstić information content (AvgIpc) is 3.47. The minimum Gasteiger partial charge on any atom is -0.316 e. The van der Waals surface area contributed by atoms with E-state index in [1.54, 1.807) is 6.20 Å². The Labute approximate surface area is 196 Å². The maximum Gasteiger partial charge on any atom is 0.138 e. The summed E-state index contributed by atoms with van der Waals surface area (Å²) in [5.41, 5.74) is 6.52. The van der Waals surface area contributed by atoms with Crippen molar-refractivity contribution in [3.63, 3.8) is 0 Å². The Kier molecular flexibility index (Phi) is 4.11. The highest BCUT2D eigenvalue weighted by Gasteiger charge is 2.16. The van der Waals surface area contributed by atoms with E-state index >= 15 is 0 Å². The second-order valence-corrected chi connectivity index (χ2v) is 8.42. The van der Waals surface area contributed by atoms with Crippen LogP contribution in [0.3, 0.4) is 0 Å². The van der Waals surface area contributed by atoms with Crippen LogP contribution in [0, 0.1) is 0 Å². The standard InChI is InChI=1S/C30H20N4/c1-2-9-23(10-3-1)33-17-15-21-18-25-24-11-4-5-13-27(24)34(29(25)19-28(21)33)30-14-6-12-26(32-30)22-8-7-16-31-20-22/h1-20H. The first kappa shape index (κ1) is 18.8. The molecule has 4 nitrogen and oxygen atoms in total. The summed E-state index contributed by atoms with van der Waals surface area (Å²) in [7, 11) is 0. The highest BCUT2D eigenvalue weighted by atomic mass is 15.1. The van der Waals surface area contributed by atoms with Crippen molar-refractivity contribution in [1.29, 1.82) is 0 Å². The number of pyridine rings is 2. The zero-order valence-electron chi connectivity index (χ0n) is 18.3. The van der Waals surface area contributed by atoms with Crippen molar-refractivity contribution >= 4 is 32.7 Å². The van der Waals surface area contributed by atoms with Crippen LogP contribution < -0.4 is 0 Å². The van der Waals surface area contributed by atoms with Crippen LogP contribution in [0.25, 0.3) is 55.5 Å². The molecule has 0 aliphatic rings. The van der Waals surface area contributed by atoms with Crippen molar-refractivity contribution in [2.24, 2.45) is 0 Å². The Morgan fingerprint density at radius 1 is 0.618 bits per heavy atom. The predicted molar refractivity (Wildman–Crippen MR) is 139 cm³/mol. The molecular weight excluding hydrogens is 416 g/mol. The van der Waals surface area contributed by atoms with Crippen LogP contribution in [0.15, 0.2) is 122 Å². The van der Waals surface area contributed by atoms with Gasteiger partial charge in [-0.1, -0.05) is 42.5 Å². The summed E-state index contributed by atoms with van der Waals surface area (Å²) in [5.74, 6) is 0.893. The van der Waals surface area contributed by atoms with Gasteiger partial charge in [-0.25, -0.2) is 4.98 Å². The molecule has 7 rings (SSSR count). The third-order valence-electron chi connectivity index (χ3n) is 6.44. The van der Waals surface area contributed by atoms with Crippen molar-refractivity contribution < 1.29 is 0 Å². The van der Waals surface area contributed by atoms with E-state index in [-0.39, 0.29) is 0 Å². The second-order valence-electron chi connectivity index (χ2n) is 8.42. The lowest BCUT2D eigenvalue weighted by atomic mass is 10.1. The molecule has 0 atom stereocenters. The number of benzene rings is 3. The van der Waals surface area contributed by atoms with Crippen molar-refractivity contribution in [1.82, 2.24) is 19.1 Å². The number of rotatable bonds is 3. The minimum atomic E-state index is 0.893. The third kappa shape index (κ3) is 2.86. The van der Waals surface area contributed by atoms with Gasteiger partial charge in [-0.15, -0.1) is 0 Å². The first-order valence-corrected chi connectivity index (χ1v) is 11.3. The van der Waals surface area contributed by atoms with E-state index in [4.69, 9.17) is 4.98 Å². The van der Waals surface area contributed by atoms with E-state index in [9.17, 15) is 0 Å². The molecule has 160 valence electrons. The lowest BCUT2D eigenvalue weighted by molar-refractivity contribution is 1.08. The Balaban J connectivity index is 1.54. The number of aromatic nitrogens is 4. The summed E-state index contributed by atoms with van der Waals surface area (Å²) in [5, 5.41) is 3.67. The van der Waals surface area contributed by atoms with Gasteiger partial charge in [-0.05, 0) is 60.7 Å². The van der Waals surface area contributed by atoms with Gasteiger partial charge in [0.25, 0.3) is 0 Å². The number of fused-ring (bicyclic) bond motifs is 4. The molecule has 0 bridgehead atoms. The van der Waals surface area contributed by atoms with Crippen molar-refractivity contribution in [2.75, 3.05) is 0 Å². The van der Waals surface area contributed by atoms with E-state index in [1.165, 1.54) is 21.7 Å². The van der Waals surface area contributed by atoms with Crippen molar-refractivity contribution in [3.8, 4) is 22.8 Å². The fraction of sp³-hybridized carbons (Fsp3) is 0. The quantitative estimate of drug-likeness (QED) is 0.294. The molecule has 0 aliphatic carbocycles. The number of hydrogen-bond acceptors (Lipinski definition) is 2. The zero-order chi connectivity index (χ0) is 22.5. The van der Waals surface area contributed by atoms with Gasteiger partial charge >= 0.3 is 0 Å². The lowest BCUT2D eigenvalue weighted by Gasteiger charge is -2.10. The molecule has 0 aliphatic heterocycles. The van der Waals surface area contributed by atoms with Crippen LogP contribution in [0.2, 0.25) is 0 Å². The van der Waals surface area contributed by atoms with Gasteiger partial charge in [0.15, 0.2) is 0 Å². The van der Waals surface area contributed by atoms with Gasteiger partial charge in [-0.3, -0.25) is 9.55 Å². The Morgan fingerprint density at radius 3 is 2.38 bits per heavy atom. The van der Waals surface area contributed by atoms with E-state index in [1.807, 2.05) is 30.5 Å². The van der Waals surface area contributed by atoms with Crippen LogP contribution in [0.5, 0.6) is 0 Å². The molecule has 0 spiro atoms. The lowest BCUT2D eigenvalue weighted by Crippen LogP contribution is -1.99. The molecule has 3 aromatic carbocycles. The minimum absolute atomic E-state index is 0.893. The largest absolute Gasteiger partial charge is 0.316 e. The fourth-order valence-corrected chi connectivity index (χ4v) is 4.88. The van der Waals surface area contributed by atoms with E-state index in [0.717, 1.165) is 33.8 Å². The molecule has 0 radical (unpaired) electrons. The Hall–Kier alpha value is -4.70. The zero-order valence-corrected chi connectivity index (χ0v) is 18.3. The molecule has 0 unspecified atom stereocenters. The molecule has 4 heterocycles. The molecule has 0 amide bonds. The predicted octanol–water partition coefficient (Wildman–Crippen LogP) is 7.18. The van der Waals surface area contributed by atoms with Crippen LogP contribution in [-0.4, -0.2) is 19.1 Å². The molecule has 4 heteroatoms. The van der Waals surface area contributed by atoms with Gasteiger partial charge < -0.3 is 4.57 Å². The highest BCUT2D eigenvalue weighted by molar-refractivity contribution is 6.13. The molecule has 7 aromatic rings. The summed E-state index contributed by atoms with van der Waals surface area (Å²) in [4.78, 5) is 9.32. The topological polar surface area (TPSA) is 35.6 Å². The summed E-state index contributed by atoms with van der Waals surface area (Å²) in [6.07, 6.45) is 5.79. The molecule has 0 saturated heterocycles. The summed E-state index contributed by atoms with van der Waals surface area (Å²) in [6, 6.07) is 36.0. The Morgan fingerprint density at radius 2 is 1.50 bits per heavy atom. The monoisotopic (exact) mass is 436 g/mol. The highest BCUT2D eigenvalue weighted by Crippen LogP contribution is 2.35. The summed E-state index contributed by atoms with van der Waals surface area (Å²) in [6.45, 7) is 0. The van der Waals surface area contributed by atoms with Gasteiger partial charge in [0, 0.05) is 46.0 Å². The normalized spacial score (nSPS) is 11.5. The van der Waals surface area contributed by atoms with E-state index < -0.39 is 0 Å². The van der Waals surface area contributed by atoms with E-state index in [0.29, 0.717) is 0 Å². The van der Waals surface area contributed by atoms with Crippen LogP contribution >= 0.6 is 0 Å². The fourth-order valence-electron chi connectivity index (χ4n) is 4.88. The van der Waals surface area contributed by atoms with Gasteiger partial charge in [0.2, 0.25) is 0 Å². The molecular formula is C30H20N4.